The molecule has 0 bridgehead atoms. The molecule has 1 heterocycles. The molecule has 1 aromatic carbocycles. The Bertz CT molecular complexity index is 996. The molecule has 0 unspecified atom stereocenters. The predicted octanol–water partition coefficient (Wildman–Crippen LogP) is 1.72. The van der Waals surface area contributed by atoms with Gasteiger partial charge in [-0.05, 0) is 30.5 Å². The fourth-order valence-corrected chi connectivity index (χ4v) is 3.33. The molecular weight excluding hydrogens is 368 g/mol. The molecule has 0 saturated carbocycles. The molecule has 144 valence electrons. The first-order chi connectivity index (χ1) is 12.7. The molecule has 0 aliphatic carbocycles. The summed E-state index contributed by atoms with van der Waals surface area (Å²) in [5, 5.41) is 8.83. The van der Waals surface area contributed by atoms with Crippen molar-refractivity contribution in [3.8, 4) is 0 Å². The van der Waals surface area contributed by atoms with Crippen LogP contribution >= 0.6 is 0 Å². The molecule has 1 aromatic heterocycles. The molecule has 1 amide bonds. The van der Waals surface area contributed by atoms with Gasteiger partial charge in [-0.3, -0.25) is 14.8 Å². The van der Waals surface area contributed by atoms with Crippen LogP contribution in [0.4, 0.5) is 0 Å². The second-order valence-corrected chi connectivity index (χ2v) is 8.88. The van der Waals surface area contributed by atoms with Crippen molar-refractivity contribution >= 4 is 27.9 Å². The first kappa shape index (κ1) is 20.6. The number of carbonyl (C=O) groups excluding carboxylic acids is 1. The fraction of sp³-hybridized carbons (Fsp3) is 0.263. The van der Waals surface area contributed by atoms with Gasteiger partial charge in [-0.1, -0.05) is 42.5 Å². The van der Waals surface area contributed by atoms with Crippen molar-refractivity contribution in [3.63, 3.8) is 0 Å². The van der Waals surface area contributed by atoms with Gasteiger partial charge in [0.2, 0.25) is 0 Å². The van der Waals surface area contributed by atoms with Crippen LogP contribution in [0.1, 0.15) is 24.5 Å². The van der Waals surface area contributed by atoms with Crippen LogP contribution in [0, 0.1) is 0 Å². The molecule has 2 rings (SSSR count). The van der Waals surface area contributed by atoms with Gasteiger partial charge in [-0.2, -0.15) is 0 Å². The van der Waals surface area contributed by atoms with Crippen molar-refractivity contribution in [2.24, 2.45) is 0 Å². The molecule has 0 fully saturated rings. The summed E-state index contributed by atoms with van der Waals surface area (Å²) < 4.78 is 23.4. The molecule has 0 spiro atoms. The Morgan fingerprint density at radius 3 is 2.37 bits per heavy atom. The number of nitrogens with zero attached hydrogens (tertiary/aromatic N) is 1. The number of nitrogens with one attached hydrogen (secondary N) is 1. The maximum absolute atomic E-state index is 12.3. The van der Waals surface area contributed by atoms with Gasteiger partial charge in [0, 0.05) is 25.1 Å². The Morgan fingerprint density at radius 2 is 1.81 bits per heavy atom. The summed E-state index contributed by atoms with van der Waals surface area (Å²) >= 11 is 0. The molecule has 7 nitrogen and oxygen atoms in total. The van der Waals surface area contributed by atoms with Gasteiger partial charge in [0.1, 0.15) is 0 Å². The SMILES string of the molecule is C[C@@](CCn1ccc(C=Cc2ccccc2)cc1=O)(C(=O)NO)S(C)(=O)=O. The molecule has 0 aliphatic heterocycles. The van der Waals surface area contributed by atoms with E-state index in [-0.39, 0.29) is 18.5 Å². The quantitative estimate of drug-likeness (QED) is 0.553. The van der Waals surface area contributed by atoms with E-state index in [2.05, 4.69) is 0 Å². The third-order valence-electron chi connectivity index (χ3n) is 4.52. The predicted molar refractivity (Wildman–Crippen MR) is 104 cm³/mol. The number of hydrogen-bond acceptors (Lipinski definition) is 5. The number of rotatable bonds is 7. The third kappa shape index (κ3) is 4.93. The molecule has 1 atom stereocenters. The number of hydroxylamine groups is 1. The van der Waals surface area contributed by atoms with Crippen molar-refractivity contribution in [1.82, 2.24) is 10.0 Å². The monoisotopic (exact) mass is 390 g/mol. The second-order valence-electron chi connectivity index (χ2n) is 6.43. The highest BCUT2D eigenvalue weighted by atomic mass is 32.2. The number of hydrogen-bond donors (Lipinski definition) is 2. The van der Waals surface area contributed by atoms with Crippen molar-refractivity contribution in [1.29, 1.82) is 0 Å². The third-order valence-corrected chi connectivity index (χ3v) is 6.54. The van der Waals surface area contributed by atoms with E-state index in [4.69, 9.17) is 5.21 Å². The molecule has 27 heavy (non-hydrogen) atoms. The van der Waals surface area contributed by atoms with Gasteiger partial charge in [-0.25, -0.2) is 13.9 Å². The fourth-order valence-electron chi connectivity index (χ4n) is 2.49. The average Bonchev–Trinajstić information content (AvgIpc) is 2.64. The molecule has 0 saturated heterocycles. The summed E-state index contributed by atoms with van der Waals surface area (Å²) in [6, 6.07) is 12.8. The first-order valence-corrected chi connectivity index (χ1v) is 10.1. The molecular formula is C19H22N2O5S. The maximum atomic E-state index is 12.3. The highest BCUT2D eigenvalue weighted by Gasteiger charge is 2.43. The van der Waals surface area contributed by atoms with Crippen molar-refractivity contribution in [3.05, 3.63) is 70.1 Å². The van der Waals surface area contributed by atoms with Crippen LogP contribution in [0.3, 0.4) is 0 Å². The number of pyridine rings is 1. The summed E-state index contributed by atoms with van der Waals surface area (Å²) in [6.07, 6.45) is 6.00. The van der Waals surface area contributed by atoms with E-state index in [1.165, 1.54) is 23.0 Å². The topological polar surface area (TPSA) is 105 Å². The van der Waals surface area contributed by atoms with E-state index < -0.39 is 20.5 Å². The lowest BCUT2D eigenvalue weighted by Crippen LogP contribution is -2.49. The van der Waals surface area contributed by atoms with Gasteiger partial charge in [-0.15, -0.1) is 0 Å². The lowest BCUT2D eigenvalue weighted by atomic mass is 10.1. The van der Waals surface area contributed by atoms with Crippen LogP contribution in [0.5, 0.6) is 0 Å². The van der Waals surface area contributed by atoms with E-state index in [1.807, 2.05) is 36.4 Å². The van der Waals surface area contributed by atoms with Crippen LogP contribution in [-0.2, 0) is 21.2 Å². The Morgan fingerprint density at radius 1 is 1.19 bits per heavy atom. The first-order valence-electron chi connectivity index (χ1n) is 8.25. The number of sulfone groups is 1. The normalized spacial score (nSPS) is 14.0. The van der Waals surface area contributed by atoms with Crippen LogP contribution in [-0.4, -0.2) is 35.1 Å². The Balaban J connectivity index is 2.17. The average molecular weight is 390 g/mol. The van der Waals surface area contributed by atoms with E-state index in [0.717, 1.165) is 11.8 Å². The Labute approximate surface area is 157 Å². The Kier molecular flexibility index (Phi) is 6.35. The summed E-state index contributed by atoms with van der Waals surface area (Å²) in [5.74, 6) is -1.03. The van der Waals surface area contributed by atoms with Gasteiger partial charge < -0.3 is 4.57 Å². The number of benzene rings is 1. The van der Waals surface area contributed by atoms with Gasteiger partial charge >= 0.3 is 0 Å². The largest absolute Gasteiger partial charge is 0.315 e. The number of carbonyl (C=O) groups is 1. The smallest absolute Gasteiger partial charge is 0.264 e. The van der Waals surface area contributed by atoms with Crippen LogP contribution in [0.2, 0.25) is 0 Å². The van der Waals surface area contributed by atoms with Gasteiger partial charge in [0.15, 0.2) is 14.6 Å². The van der Waals surface area contributed by atoms with Gasteiger partial charge in [0.05, 0.1) is 0 Å². The molecule has 0 aliphatic rings. The van der Waals surface area contributed by atoms with Crippen LogP contribution in [0.25, 0.3) is 12.2 Å². The number of aromatic nitrogens is 1. The van der Waals surface area contributed by atoms with Crippen molar-refractivity contribution < 1.29 is 18.4 Å². The van der Waals surface area contributed by atoms with Gasteiger partial charge in [0.25, 0.3) is 11.5 Å². The summed E-state index contributed by atoms with van der Waals surface area (Å²) in [4.78, 5) is 24.1. The molecule has 0 radical (unpaired) electrons. The highest BCUT2D eigenvalue weighted by molar-refractivity contribution is 7.92. The minimum absolute atomic E-state index is 0.0124. The molecule has 2 aromatic rings. The van der Waals surface area contributed by atoms with E-state index in [1.54, 1.807) is 18.3 Å². The lowest BCUT2D eigenvalue weighted by Gasteiger charge is -2.25. The summed E-state index contributed by atoms with van der Waals surface area (Å²) in [7, 11) is -3.80. The zero-order chi connectivity index (χ0) is 20.1. The molecule has 8 heteroatoms. The van der Waals surface area contributed by atoms with Crippen molar-refractivity contribution in [2.75, 3.05) is 6.26 Å². The standard InChI is InChI=1S/C19H22N2O5S/c1-19(18(23)20-24,27(2,25)26)11-13-21-12-10-16(14-17(21)22)9-8-15-6-4-3-5-7-15/h3-10,12,14,24H,11,13H2,1-2H3,(H,20,23)/t19-/m1/s1. The van der Waals surface area contributed by atoms with E-state index in [9.17, 15) is 18.0 Å². The summed E-state index contributed by atoms with van der Waals surface area (Å²) in [5.41, 5.74) is 2.78. The van der Waals surface area contributed by atoms with E-state index in [0.29, 0.717) is 5.56 Å². The summed E-state index contributed by atoms with van der Waals surface area (Å²) in [6.45, 7) is 1.23. The minimum Gasteiger partial charge on any atom is -0.315 e. The lowest BCUT2D eigenvalue weighted by molar-refractivity contribution is -0.131. The molecule has 2 N–H and O–H groups in total. The second kappa shape index (κ2) is 8.32. The zero-order valence-electron chi connectivity index (χ0n) is 15.1. The minimum atomic E-state index is -3.80. The highest BCUT2D eigenvalue weighted by Crippen LogP contribution is 2.22. The van der Waals surface area contributed by atoms with Crippen molar-refractivity contribution in [2.45, 2.75) is 24.6 Å². The number of aryl methyl sites for hydroxylation is 1. The number of amides is 1. The zero-order valence-corrected chi connectivity index (χ0v) is 15.9. The maximum Gasteiger partial charge on any atom is 0.264 e. The van der Waals surface area contributed by atoms with E-state index >= 15 is 0 Å². The van der Waals surface area contributed by atoms with Crippen LogP contribution in [0.15, 0.2) is 53.5 Å². The van der Waals surface area contributed by atoms with Crippen LogP contribution < -0.4 is 11.0 Å². The Hall–Kier alpha value is -2.71.